The highest BCUT2D eigenvalue weighted by atomic mass is 32.2. The highest BCUT2D eigenvalue weighted by molar-refractivity contribution is 7.92. The Morgan fingerprint density at radius 1 is 1.11 bits per heavy atom. The molecule has 0 radical (unpaired) electrons. The summed E-state index contributed by atoms with van der Waals surface area (Å²) in [7, 11) is -0.913. The minimum Gasteiger partial charge on any atom is -0.497 e. The number of nitrogens with one attached hydrogen (secondary N) is 1. The number of rotatable bonds is 6. The van der Waals surface area contributed by atoms with Gasteiger partial charge in [0, 0.05) is 30.0 Å². The Labute approximate surface area is 159 Å². The molecular formula is C19H24N2O5S. The quantitative estimate of drug-likeness (QED) is 0.815. The normalized spacial score (nSPS) is 17.4. The number of hydrogen-bond acceptors (Lipinski definition) is 6. The Morgan fingerprint density at radius 2 is 1.85 bits per heavy atom. The van der Waals surface area contributed by atoms with E-state index in [1.165, 1.54) is 20.3 Å². The van der Waals surface area contributed by atoms with Crippen molar-refractivity contribution in [1.29, 1.82) is 0 Å². The molecule has 27 heavy (non-hydrogen) atoms. The third-order valence-corrected chi connectivity index (χ3v) is 5.88. The molecule has 2 aromatic carbocycles. The molecule has 1 heterocycles. The van der Waals surface area contributed by atoms with Crippen molar-refractivity contribution in [1.82, 2.24) is 0 Å². The molecule has 0 aliphatic carbocycles. The van der Waals surface area contributed by atoms with Crippen molar-refractivity contribution >= 4 is 21.4 Å². The van der Waals surface area contributed by atoms with E-state index >= 15 is 0 Å². The zero-order valence-electron chi connectivity index (χ0n) is 15.6. The molecule has 146 valence electrons. The summed E-state index contributed by atoms with van der Waals surface area (Å²) in [6.45, 7) is 4.29. The van der Waals surface area contributed by atoms with Gasteiger partial charge in [-0.3, -0.25) is 4.72 Å². The lowest BCUT2D eigenvalue weighted by atomic mass is 10.2. The molecule has 1 aliphatic rings. The summed E-state index contributed by atoms with van der Waals surface area (Å²) in [4.78, 5) is 2.27. The molecule has 0 spiro atoms. The maximum atomic E-state index is 12.8. The minimum absolute atomic E-state index is 0.0234. The second-order valence-electron chi connectivity index (χ2n) is 6.29. The fraction of sp³-hybridized carbons (Fsp3) is 0.368. The van der Waals surface area contributed by atoms with Gasteiger partial charge >= 0.3 is 0 Å². The molecule has 1 saturated heterocycles. The number of ether oxygens (including phenoxy) is 3. The predicted octanol–water partition coefficient (Wildman–Crippen LogP) is 2.73. The van der Waals surface area contributed by atoms with Crippen LogP contribution >= 0.6 is 0 Å². The van der Waals surface area contributed by atoms with E-state index in [2.05, 4.69) is 16.5 Å². The summed E-state index contributed by atoms with van der Waals surface area (Å²) < 4.78 is 44.0. The second kappa shape index (κ2) is 8.06. The maximum Gasteiger partial charge on any atom is 0.265 e. The van der Waals surface area contributed by atoms with Gasteiger partial charge in [-0.2, -0.15) is 0 Å². The fourth-order valence-corrected chi connectivity index (χ4v) is 4.28. The van der Waals surface area contributed by atoms with Crippen LogP contribution in [0, 0.1) is 0 Å². The van der Waals surface area contributed by atoms with Crippen molar-refractivity contribution in [2.45, 2.75) is 17.9 Å². The Hall–Kier alpha value is -2.45. The van der Waals surface area contributed by atoms with Crippen LogP contribution in [0.2, 0.25) is 0 Å². The van der Waals surface area contributed by atoms with Gasteiger partial charge in [0.2, 0.25) is 0 Å². The van der Waals surface area contributed by atoms with Gasteiger partial charge in [-0.25, -0.2) is 8.42 Å². The lowest BCUT2D eigenvalue weighted by Crippen LogP contribution is -2.43. The summed E-state index contributed by atoms with van der Waals surface area (Å²) in [5.41, 5.74) is 1.51. The van der Waals surface area contributed by atoms with Crippen LogP contribution in [0.5, 0.6) is 11.5 Å². The number of methoxy groups -OCH3 is 2. The van der Waals surface area contributed by atoms with E-state index in [4.69, 9.17) is 14.2 Å². The second-order valence-corrected chi connectivity index (χ2v) is 7.94. The molecule has 2 aromatic rings. The van der Waals surface area contributed by atoms with Crippen LogP contribution in [-0.2, 0) is 14.8 Å². The summed E-state index contributed by atoms with van der Waals surface area (Å²) in [5.74, 6) is 0.690. The van der Waals surface area contributed by atoms with E-state index in [1.54, 1.807) is 24.3 Å². The molecule has 0 saturated carbocycles. The zero-order chi connectivity index (χ0) is 19.4. The van der Waals surface area contributed by atoms with Gasteiger partial charge < -0.3 is 19.1 Å². The third kappa shape index (κ3) is 4.28. The maximum absolute atomic E-state index is 12.8. The van der Waals surface area contributed by atoms with Crippen molar-refractivity contribution in [3.05, 3.63) is 42.5 Å². The first-order valence-electron chi connectivity index (χ1n) is 8.64. The number of hydrogen-bond donors (Lipinski definition) is 1. The van der Waals surface area contributed by atoms with Crippen LogP contribution < -0.4 is 19.1 Å². The van der Waals surface area contributed by atoms with Crippen molar-refractivity contribution < 1.29 is 22.6 Å². The van der Waals surface area contributed by atoms with E-state index in [9.17, 15) is 8.42 Å². The Morgan fingerprint density at radius 3 is 2.48 bits per heavy atom. The van der Waals surface area contributed by atoms with Gasteiger partial charge in [0.05, 0.1) is 27.4 Å². The molecule has 3 rings (SSSR count). The Balaban J connectivity index is 1.82. The standard InChI is InChI=1S/C19H24N2O5S/c1-14-13-26-11-10-21(14)16-6-4-15(5-7-16)20-27(22,23)19-12-17(24-2)8-9-18(19)25-3/h4-9,12,14,20H,10-11,13H2,1-3H3. The van der Waals surface area contributed by atoms with Crippen LogP contribution in [0.4, 0.5) is 11.4 Å². The summed E-state index contributed by atoms with van der Waals surface area (Å²) in [6, 6.07) is 12.2. The first-order chi connectivity index (χ1) is 12.9. The average molecular weight is 392 g/mol. The average Bonchev–Trinajstić information content (AvgIpc) is 2.68. The lowest BCUT2D eigenvalue weighted by Gasteiger charge is -2.35. The Bertz CT molecular complexity index is 883. The van der Waals surface area contributed by atoms with Crippen LogP contribution in [0.1, 0.15) is 6.92 Å². The SMILES string of the molecule is COc1ccc(OC)c(S(=O)(=O)Nc2ccc(N3CCOCC3C)cc2)c1. The Kier molecular flexibility index (Phi) is 5.76. The van der Waals surface area contributed by atoms with Gasteiger partial charge in [-0.15, -0.1) is 0 Å². The molecule has 0 bridgehead atoms. The minimum atomic E-state index is -3.83. The molecule has 1 fully saturated rings. The van der Waals surface area contributed by atoms with Crippen LogP contribution in [0.15, 0.2) is 47.4 Å². The molecule has 7 nitrogen and oxygen atoms in total. The summed E-state index contributed by atoms with van der Waals surface area (Å²) in [6.07, 6.45) is 0. The van der Waals surface area contributed by atoms with Gasteiger partial charge in [0.1, 0.15) is 16.4 Å². The van der Waals surface area contributed by atoms with E-state index in [0.29, 0.717) is 24.7 Å². The van der Waals surface area contributed by atoms with Crippen molar-refractivity contribution in [3.8, 4) is 11.5 Å². The van der Waals surface area contributed by atoms with E-state index in [1.807, 2.05) is 12.1 Å². The van der Waals surface area contributed by atoms with Crippen molar-refractivity contribution in [2.75, 3.05) is 43.6 Å². The predicted molar refractivity (Wildman–Crippen MR) is 104 cm³/mol. The topological polar surface area (TPSA) is 77.1 Å². The largest absolute Gasteiger partial charge is 0.497 e. The fourth-order valence-electron chi connectivity index (χ4n) is 3.04. The number of sulfonamides is 1. The van der Waals surface area contributed by atoms with Crippen LogP contribution in [0.3, 0.4) is 0 Å². The first kappa shape index (κ1) is 19.3. The van der Waals surface area contributed by atoms with Gasteiger partial charge in [0.25, 0.3) is 10.0 Å². The van der Waals surface area contributed by atoms with Gasteiger partial charge in [-0.05, 0) is 43.3 Å². The number of anilines is 2. The van der Waals surface area contributed by atoms with Crippen LogP contribution in [-0.4, -0.2) is 48.4 Å². The highest BCUT2D eigenvalue weighted by Gasteiger charge is 2.22. The summed E-state index contributed by atoms with van der Waals surface area (Å²) in [5, 5.41) is 0. The molecule has 1 atom stereocenters. The lowest BCUT2D eigenvalue weighted by molar-refractivity contribution is 0.0989. The molecule has 1 N–H and O–H groups in total. The third-order valence-electron chi connectivity index (χ3n) is 4.48. The summed E-state index contributed by atoms with van der Waals surface area (Å²) >= 11 is 0. The molecule has 0 amide bonds. The number of morpholine rings is 1. The molecular weight excluding hydrogens is 368 g/mol. The molecule has 1 unspecified atom stereocenters. The molecule has 1 aliphatic heterocycles. The molecule has 8 heteroatoms. The number of nitrogens with zero attached hydrogens (tertiary/aromatic N) is 1. The van der Waals surface area contributed by atoms with Gasteiger partial charge in [0.15, 0.2) is 0 Å². The van der Waals surface area contributed by atoms with Crippen LogP contribution in [0.25, 0.3) is 0 Å². The molecule has 0 aromatic heterocycles. The van der Waals surface area contributed by atoms with E-state index in [0.717, 1.165) is 12.2 Å². The number of benzene rings is 2. The zero-order valence-corrected chi connectivity index (χ0v) is 16.5. The van der Waals surface area contributed by atoms with Crippen molar-refractivity contribution in [3.63, 3.8) is 0 Å². The smallest absolute Gasteiger partial charge is 0.265 e. The first-order valence-corrected chi connectivity index (χ1v) is 10.1. The van der Waals surface area contributed by atoms with E-state index < -0.39 is 10.0 Å². The highest BCUT2D eigenvalue weighted by Crippen LogP contribution is 2.30. The van der Waals surface area contributed by atoms with Gasteiger partial charge in [-0.1, -0.05) is 0 Å². The van der Waals surface area contributed by atoms with E-state index in [-0.39, 0.29) is 16.7 Å². The monoisotopic (exact) mass is 392 g/mol. The van der Waals surface area contributed by atoms with Crippen molar-refractivity contribution in [2.24, 2.45) is 0 Å².